The fourth-order valence-electron chi connectivity index (χ4n) is 18.6. The molecule has 622 valence electrons. The summed E-state index contributed by atoms with van der Waals surface area (Å²) in [6, 6.07) is 47.0. The van der Waals surface area contributed by atoms with Crippen LogP contribution in [0.25, 0.3) is 0 Å². The number of anilines is 8. The van der Waals surface area contributed by atoms with E-state index in [2.05, 4.69) is 114 Å². The minimum atomic E-state index is -0.580. The molecule has 119 heavy (non-hydrogen) atoms. The molecule has 6 fully saturated rings. The Kier molecular flexibility index (Phi) is 27.4. The number of nitrogens with one attached hydrogen (secondary N) is 2. The summed E-state index contributed by atoms with van der Waals surface area (Å²) in [6.07, 6.45) is 12.3. The van der Waals surface area contributed by atoms with Crippen molar-refractivity contribution in [2.24, 2.45) is 17.4 Å². The quantitative estimate of drug-likeness (QED) is 0.0533. The molecule has 6 aliphatic rings. The molecule has 6 aromatic carbocycles. The van der Waals surface area contributed by atoms with Crippen molar-refractivity contribution < 1.29 is 29.1 Å². The maximum atomic E-state index is 14.0. The second-order valence-corrected chi connectivity index (χ2v) is 32.9. The molecule has 15 rings (SSSR count). The lowest BCUT2D eigenvalue weighted by Gasteiger charge is -2.42. The van der Waals surface area contributed by atoms with Gasteiger partial charge in [-0.1, -0.05) is 72.3 Å². The van der Waals surface area contributed by atoms with Crippen molar-refractivity contribution in [2.75, 3.05) is 145 Å². The molecule has 0 aliphatic carbocycles. The van der Waals surface area contributed by atoms with Crippen molar-refractivity contribution in [1.82, 2.24) is 40.1 Å². The van der Waals surface area contributed by atoms with Crippen molar-refractivity contribution >= 4 is 75.4 Å². The van der Waals surface area contributed by atoms with E-state index in [9.17, 15) is 34.3 Å². The van der Waals surface area contributed by atoms with Crippen LogP contribution in [0, 0.1) is 86.5 Å². The van der Waals surface area contributed by atoms with Crippen LogP contribution in [0.4, 0.5) is 45.9 Å². The molecule has 0 spiro atoms. The number of aliphatic hydroxyl groups is 1. The predicted octanol–water partition coefficient (Wildman–Crippen LogP) is 11.6. The third-order valence-corrected chi connectivity index (χ3v) is 25.0. The molecule has 7 N–H and O–H groups in total. The van der Waals surface area contributed by atoms with E-state index in [1.165, 1.54) is 11.1 Å². The molecule has 9 heterocycles. The van der Waals surface area contributed by atoms with E-state index in [0.717, 1.165) is 191 Å². The minimum Gasteiger partial charge on any atom is -0.394 e. The first-order valence-corrected chi connectivity index (χ1v) is 42.0. The summed E-state index contributed by atoms with van der Waals surface area (Å²) in [5, 5.41) is 43.8. The van der Waals surface area contributed by atoms with Crippen LogP contribution in [-0.4, -0.2) is 210 Å². The highest BCUT2D eigenvalue weighted by Gasteiger charge is 2.39. The third kappa shape index (κ3) is 19.5. The average molecular weight is 1610 g/mol. The summed E-state index contributed by atoms with van der Waals surface area (Å²) in [4.78, 5) is 89.7. The fourth-order valence-corrected chi connectivity index (χ4v) is 18.6. The Balaban J connectivity index is 0.000000155. The Bertz CT molecular complexity index is 5090. The van der Waals surface area contributed by atoms with Gasteiger partial charge in [-0.3, -0.25) is 24.0 Å². The van der Waals surface area contributed by atoms with Gasteiger partial charge in [0.1, 0.15) is 24.0 Å². The Hall–Kier alpha value is -12.2. The Morgan fingerprint density at radius 3 is 1.34 bits per heavy atom. The molecule has 0 saturated carbocycles. The number of nitriles is 1. The molecular weight excluding hydrogens is 1490 g/mol. The standard InChI is InChI=1S/C32H39N5O2.C31H39N7O2.C31H37N7O2/c1-22-19-23(2)30(24(3)27(22)20-25-12-15-35(16-13-25)29-11-7-8-14-34-29)32(39)36-17-18-37(28(21-36)31(33)38)26-9-5-4-6-10-26;1-20-7-9-25(10-8-20)38-17-16-37(19-26(38)30(32)39)31(40)28-21(2)18-22(3)29(23(28)4)34-24-11-14-36(15-12-24)27-6-5-13-33-35-27;1-21-17-22(2)30(34-25-10-13-36(14-11-25)28-9-6-12-33-35-28)23(3)29(21)31(40)37-15-16-38(26(19-37)20-39)27-8-5-4-7-24(27)18-32/h4-11,14,19,25,28H,12-13,15-18,20-21H2,1-3H3,(H2,33,38);5-10,13,18,24,26,34H,11-12,14-17,19H2,1-4H3,(H2,32,39);4-9,12,17,25-26,34,39H,10-11,13-16,19-20H2,1-3H3/t28-;;26-/m0.0/s1. The van der Waals surface area contributed by atoms with Gasteiger partial charge in [-0.15, -0.1) is 10.2 Å². The Morgan fingerprint density at radius 2 is 0.874 bits per heavy atom. The minimum absolute atomic E-state index is 0.00446. The topological polar surface area (TPSA) is 299 Å². The number of piperidine rings is 3. The number of piperazine rings is 3. The van der Waals surface area contributed by atoms with Gasteiger partial charge in [-0.25, -0.2) is 4.98 Å². The molecule has 9 aromatic rings. The van der Waals surface area contributed by atoms with Gasteiger partial charge in [0.05, 0.1) is 37.0 Å². The van der Waals surface area contributed by atoms with Crippen molar-refractivity contribution in [2.45, 2.75) is 144 Å². The van der Waals surface area contributed by atoms with E-state index >= 15 is 0 Å². The first kappa shape index (κ1) is 84.7. The molecule has 6 saturated heterocycles. The van der Waals surface area contributed by atoms with Crippen molar-refractivity contribution in [3.63, 3.8) is 0 Å². The normalized spacial score (nSPS) is 18.1. The number of aliphatic hydroxyl groups excluding tert-OH is 1. The number of carbonyl (C=O) groups excluding carboxylic acids is 5. The lowest BCUT2D eigenvalue weighted by atomic mass is 9.84. The largest absolute Gasteiger partial charge is 0.394 e. The number of nitrogens with zero attached hydrogens (tertiary/aromatic N) is 15. The lowest BCUT2D eigenvalue weighted by molar-refractivity contribution is -0.120. The number of hydrogen-bond donors (Lipinski definition) is 5. The number of pyridine rings is 1. The van der Waals surface area contributed by atoms with E-state index in [1.807, 2.05) is 177 Å². The number of aryl methyl sites for hydroxylation is 7. The Morgan fingerprint density at radius 1 is 0.445 bits per heavy atom. The number of amides is 5. The van der Waals surface area contributed by atoms with Crippen LogP contribution in [0.15, 0.2) is 158 Å². The Labute approximate surface area is 700 Å². The molecule has 25 nitrogen and oxygen atoms in total. The van der Waals surface area contributed by atoms with Crippen LogP contribution in [-0.2, 0) is 16.0 Å². The van der Waals surface area contributed by atoms with E-state index < -0.39 is 23.9 Å². The molecule has 6 aliphatic heterocycles. The number of aromatic nitrogens is 5. The highest BCUT2D eigenvalue weighted by molar-refractivity contribution is 6.01. The SMILES string of the molecule is Cc1cc(C)c(C(=O)N2CCN(c3ccccc3)[C@H](C(N)=O)C2)c(C)c1CC1CCN(c2ccccn2)CC1.Cc1cc(C)c(C(=O)N2CCN(c3ccccc3C#N)[C@H](CO)C2)c(C)c1NC1CCN(c2cccnn2)CC1.Cc1ccc(N2CCN(C(=O)c3c(C)cc(C)c(NC4CCN(c5cccnn5)CC4)c3C)CC2C(N)=O)cc1. The second kappa shape index (κ2) is 38.5. The van der Waals surface area contributed by atoms with Gasteiger partial charge in [0.15, 0.2) is 11.6 Å². The van der Waals surface area contributed by atoms with Crippen LogP contribution in [0.5, 0.6) is 0 Å². The van der Waals surface area contributed by atoms with Gasteiger partial charge >= 0.3 is 0 Å². The van der Waals surface area contributed by atoms with Gasteiger partial charge < -0.3 is 71.3 Å². The number of hydrogen-bond acceptors (Lipinski definition) is 20. The summed E-state index contributed by atoms with van der Waals surface area (Å²) >= 11 is 0. The zero-order valence-corrected chi connectivity index (χ0v) is 70.6. The number of benzene rings is 6. The van der Waals surface area contributed by atoms with E-state index in [0.29, 0.717) is 74.9 Å². The molecule has 0 radical (unpaired) electrons. The maximum absolute atomic E-state index is 14.0. The third-order valence-electron chi connectivity index (χ3n) is 25.0. The number of carbonyl (C=O) groups is 5. The van der Waals surface area contributed by atoms with Crippen molar-refractivity contribution in [1.29, 1.82) is 5.26 Å². The number of nitrogens with two attached hydrogens (primary N) is 2. The van der Waals surface area contributed by atoms with Crippen molar-refractivity contribution in [3.8, 4) is 6.07 Å². The average Bonchev–Trinajstić information content (AvgIpc) is 0.782. The molecule has 5 amide bonds. The molecule has 25 heteroatoms. The van der Waals surface area contributed by atoms with Gasteiger partial charge in [0, 0.05) is 155 Å². The van der Waals surface area contributed by atoms with E-state index in [4.69, 9.17) is 11.5 Å². The highest BCUT2D eigenvalue weighted by Crippen LogP contribution is 2.37. The fraction of sp³-hybridized carbons (Fsp3) is 0.415. The zero-order chi connectivity index (χ0) is 84.1. The van der Waals surface area contributed by atoms with Crippen molar-refractivity contribution in [3.05, 3.63) is 242 Å². The van der Waals surface area contributed by atoms with Crippen LogP contribution < -0.4 is 51.5 Å². The monoisotopic (exact) mass is 1610 g/mol. The molecule has 3 atom stereocenters. The maximum Gasteiger partial charge on any atom is 0.254 e. The highest BCUT2D eigenvalue weighted by atomic mass is 16.3. The van der Waals surface area contributed by atoms with Gasteiger partial charge in [0.25, 0.3) is 17.7 Å². The first-order valence-electron chi connectivity index (χ1n) is 42.0. The smallest absolute Gasteiger partial charge is 0.254 e. The number of primary amides is 2. The van der Waals surface area contributed by atoms with Gasteiger partial charge in [-0.05, 0) is 249 Å². The van der Waals surface area contributed by atoms with E-state index in [1.54, 1.807) is 23.4 Å². The summed E-state index contributed by atoms with van der Waals surface area (Å²) in [5.74, 6) is 2.54. The van der Waals surface area contributed by atoms with Gasteiger partial charge in [0.2, 0.25) is 11.8 Å². The van der Waals surface area contributed by atoms with Crippen LogP contribution in [0.1, 0.15) is 136 Å². The summed E-state index contributed by atoms with van der Waals surface area (Å²) in [7, 11) is 0. The summed E-state index contributed by atoms with van der Waals surface area (Å²) in [6.45, 7) is 30.2. The predicted molar refractivity (Wildman–Crippen MR) is 472 cm³/mol. The summed E-state index contributed by atoms with van der Waals surface area (Å²) < 4.78 is 0. The molecule has 0 bridgehead atoms. The number of para-hydroxylation sites is 2. The molecular formula is C94H115N19O6. The first-order chi connectivity index (χ1) is 57.5. The van der Waals surface area contributed by atoms with Crippen LogP contribution in [0.2, 0.25) is 0 Å². The van der Waals surface area contributed by atoms with E-state index in [-0.39, 0.29) is 43.5 Å². The molecule has 1 unspecified atom stereocenters. The number of rotatable bonds is 18. The second-order valence-electron chi connectivity index (χ2n) is 32.9. The van der Waals surface area contributed by atoms with Crippen LogP contribution >= 0.6 is 0 Å². The zero-order valence-electron chi connectivity index (χ0n) is 70.6. The van der Waals surface area contributed by atoms with Gasteiger partial charge in [-0.2, -0.15) is 15.5 Å². The lowest BCUT2D eigenvalue weighted by Crippen LogP contribution is -2.59. The van der Waals surface area contributed by atoms with Crippen LogP contribution in [0.3, 0.4) is 0 Å². The molecule has 3 aromatic heterocycles. The summed E-state index contributed by atoms with van der Waals surface area (Å²) in [5.41, 5.74) is 31.0.